The summed E-state index contributed by atoms with van der Waals surface area (Å²) in [6.07, 6.45) is 2.91. The number of hydrogen-bond acceptors (Lipinski definition) is 6. The number of ether oxygens (including phenoxy) is 2. The summed E-state index contributed by atoms with van der Waals surface area (Å²) in [7, 11) is 3.10. The average molecular weight is 463 g/mol. The van der Waals surface area contributed by atoms with Gasteiger partial charge >= 0.3 is 0 Å². The van der Waals surface area contributed by atoms with E-state index in [9.17, 15) is 9.59 Å². The summed E-state index contributed by atoms with van der Waals surface area (Å²) < 4.78 is 12.3. The maximum Gasteiger partial charge on any atom is 0.279 e. The molecule has 33 heavy (non-hydrogen) atoms. The van der Waals surface area contributed by atoms with Crippen molar-refractivity contribution in [3.8, 4) is 17.2 Å². The fourth-order valence-electron chi connectivity index (χ4n) is 3.25. The Labute approximate surface area is 194 Å². The fourth-order valence-corrected chi connectivity index (χ4v) is 4.32. The van der Waals surface area contributed by atoms with Crippen molar-refractivity contribution in [1.82, 2.24) is 20.6 Å². The van der Waals surface area contributed by atoms with Gasteiger partial charge in [-0.05, 0) is 43.3 Å². The zero-order valence-electron chi connectivity index (χ0n) is 18.3. The van der Waals surface area contributed by atoms with Crippen LogP contribution in [-0.2, 0) is 4.79 Å². The second kappa shape index (κ2) is 9.58. The molecule has 168 valence electrons. The van der Waals surface area contributed by atoms with E-state index in [-0.39, 0.29) is 0 Å². The minimum atomic E-state index is -0.478. The van der Waals surface area contributed by atoms with Gasteiger partial charge in [-0.15, -0.1) is 11.3 Å². The molecule has 0 aliphatic heterocycles. The Morgan fingerprint density at radius 2 is 1.82 bits per heavy atom. The first-order valence-electron chi connectivity index (χ1n) is 10.0. The highest BCUT2D eigenvalue weighted by atomic mass is 32.1. The van der Waals surface area contributed by atoms with Crippen molar-refractivity contribution >= 4 is 39.4 Å². The molecular formula is C24H22N4O4S. The van der Waals surface area contributed by atoms with Crippen molar-refractivity contribution in [1.29, 1.82) is 0 Å². The first-order chi connectivity index (χ1) is 16.0. The lowest BCUT2D eigenvalue weighted by Gasteiger charge is -2.07. The molecule has 2 amide bonds. The molecule has 4 aromatic rings. The molecule has 0 radical (unpaired) electrons. The van der Waals surface area contributed by atoms with E-state index >= 15 is 0 Å². The van der Waals surface area contributed by atoms with Crippen molar-refractivity contribution < 1.29 is 19.1 Å². The van der Waals surface area contributed by atoms with Crippen molar-refractivity contribution in [3.63, 3.8) is 0 Å². The SMILES string of the molecule is COc1ccc(/C=C/C(=O)NNC(=O)c2cc3c(C)nn(-c4ccccc4)c3s2)c(OC)c1. The van der Waals surface area contributed by atoms with Gasteiger partial charge in [-0.2, -0.15) is 5.10 Å². The molecule has 0 aliphatic carbocycles. The molecule has 2 heterocycles. The quantitative estimate of drug-likeness (QED) is 0.335. The van der Waals surface area contributed by atoms with Crippen LogP contribution in [0.2, 0.25) is 0 Å². The van der Waals surface area contributed by atoms with Crippen LogP contribution in [0, 0.1) is 6.92 Å². The van der Waals surface area contributed by atoms with Crippen molar-refractivity contribution in [3.05, 3.63) is 76.8 Å². The number of nitrogens with zero attached hydrogens (tertiary/aromatic N) is 2. The van der Waals surface area contributed by atoms with Crippen LogP contribution in [0.1, 0.15) is 20.9 Å². The average Bonchev–Trinajstić information content (AvgIpc) is 3.42. The molecular weight excluding hydrogens is 440 g/mol. The number of methoxy groups -OCH3 is 2. The molecule has 0 aliphatic rings. The smallest absolute Gasteiger partial charge is 0.279 e. The normalized spacial score (nSPS) is 11.0. The summed E-state index contributed by atoms with van der Waals surface area (Å²) in [6.45, 7) is 1.90. The van der Waals surface area contributed by atoms with Crippen LogP contribution in [-0.4, -0.2) is 35.8 Å². The number of aromatic nitrogens is 2. The van der Waals surface area contributed by atoms with Gasteiger partial charge in [-0.1, -0.05) is 18.2 Å². The Bertz CT molecular complexity index is 1340. The van der Waals surface area contributed by atoms with Crippen LogP contribution in [0.3, 0.4) is 0 Å². The Hall–Kier alpha value is -4.11. The summed E-state index contributed by atoms with van der Waals surface area (Å²) in [5.41, 5.74) is 7.29. The number of benzene rings is 2. The van der Waals surface area contributed by atoms with Gasteiger partial charge in [0.25, 0.3) is 11.8 Å². The number of rotatable bonds is 6. The van der Waals surface area contributed by atoms with Gasteiger partial charge in [0.05, 0.1) is 30.5 Å². The Morgan fingerprint density at radius 3 is 2.55 bits per heavy atom. The van der Waals surface area contributed by atoms with E-state index in [2.05, 4.69) is 16.0 Å². The number of nitrogens with one attached hydrogen (secondary N) is 2. The summed E-state index contributed by atoms with van der Waals surface area (Å²) in [5, 5.41) is 5.47. The fraction of sp³-hybridized carbons (Fsp3) is 0.125. The van der Waals surface area contributed by atoms with E-state index in [1.807, 2.05) is 41.9 Å². The molecule has 9 heteroatoms. The Balaban J connectivity index is 1.44. The van der Waals surface area contributed by atoms with E-state index in [0.717, 1.165) is 21.6 Å². The molecule has 0 saturated heterocycles. The molecule has 4 rings (SSSR count). The van der Waals surface area contributed by atoms with Gasteiger partial charge in [0.2, 0.25) is 0 Å². The highest BCUT2D eigenvalue weighted by Crippen LogP contribution is 2.30. The van der Waals surface area contributed by atoms with Gasteiger partial charge in [-0.25, -0.2) is 4.68 Å². The Kier molecular flexibility index (Phi) is 6.41. The lowest BCUT2D eigenvalue weighted by Crippen LogP contribution is -2.40. The van der Waals surface area contributed by atoms with Crippen LogP contribution >= 0.6 is 11.3 Å². The molecule has 0 fully saturated rings. The van der Waals surface area contributed by atoms with Gasteiger partial charge in [-0.3, -0.25) is 20.4 Å². The van der Waals surface area contributed by atoms with E-state index in [0.29, 0.717) is 21.9 Å². The summed E-state index contributed by atoms with van der Waals surface area (Å²) in [5.74, 6) is 0.332. The van der Waals surface area contributed by atoms with E-state index in [4.69, 9.17) is 9.47 Å². The van der Waals surface area contributed by atoms with E-state index in [1.54, 1.807) is 37.5 Å². The second-order valence-corrected chi connectivity index (χ2v) is 8.08. The number of amides is 2. The standard InChI is InChI=1S/C24H22N4O4S/c1-15-19-14-21(33-24(19)28(27-15)17-7-5-4-6-8-17)23(30)26-25-22(29)12-10-16-9-11-18(31-2)13-20(16)32-3/h4-14H,1-3H3,(H,25,29)(H,26,30)/b12-10+. The number of hydrogen-bond donors (Lipinski definition) is 2. The number of carbonyl (C=O) groups is 2. The zero-order chi connectivity index (χ0) is 23.4. The topological polar surface area (TPSA) is 94.5 Å². The molecule has 2 N–H and O–H groups in total. The van der Waals surface area contributed by atoms with E-state index < -0.39 is 11.8 Å². The van der Waals surface area contributed by atoms with Crippen LogP contribution in [0.25, 0.3) is 22.0 Å². The third kappa shape index (κ3) is 4.73. The molecule has 8 nitrogen and oxygen atoms in total. The number of hydrazine groups is 1. The van der Waals surface area contributed by atoms with Crippen molar-refractivity contribution in [2.45, 2.75) is 6.92 Å². The minimum Gasteiger partial charge on any atom is -0.497 e. The summed E-state index contributed by atoms with van der Waals surface area (Å²) >= 11 is 1.31. The number of para-hydroxylation sites is 1. The molecule has 2 aromatic heterocycles. The first-order valence-corrected chi connectivity index (χ1v) is 10.9. The lowest BCUT2D eigenvalue weighted by atomic mass is 10.1. The second-order valence-electron chi connectivity index (χ2n) is 7.05. The monoisotopic (exact) mass is 462 g/mol. The highest BCUT2D eigenvalue weighted by Gasteiger charge is 2.17. The van der Waals surface area contributed by atoms with Crippen LogP contribution in [0.5, 0.6) is 11.5 Å². The van der Waals surface area contributed by atoms with Crippen LogP contribution in [0.15, 0.2) is 60.7 Å². The highest BCUT2D eigenvalue weighted by molar-refractivity contribution is 7.20. The molecule has 0 atom stereocenters. The minimum absolute atomic E-state index is 0.404. The summed E-state index contributed by atoms with van der Waals surface area (Å²) in [6, 6.07) is 16.8. The number of fused-ring (bicyclic) bond motifs is 1. The molecule has 0 spiro atoms. The molecule has 0 bridgehead atoms. The number of aryl methyl sites for hydroxylation is 1. The van der Waals surface area contributed by atoms with Crippen molar-refractivity contribution in [2.75, 3.05) is 14.2 Å². The maximum absolute atomic E-state index is 12.6. The predicted molar refractivity (Wildman–Crippen MR) is 128 cm³/mol. The third-order valence-corrected chi connectivity index (χ3v) is 6.03. The maximum atomic E-state index is 12.6. The molecule has 0 unspecified atom stereocenters. The zero-order valence-corrected chi connectivity index (χ0v) is 19.1. The summed E-state index contributed by atoms with van der Waals surface area (Å²) in [4.78, 5) is 26.2. The molecule has 2 aromatic carbocycles. The lowest BCUT2D eigenvalue weighted by molar-refractivity contribution is -0.117. The van der Waals surface area contributed by atoms with Crippen LogP contribution < -0.4 is 20.3 Å². The van der Waals surface area contributed by atoms with Crippen molar-refractivity contribution in [2.24, 2.45) is 0 Å². The number of carbonyl (C=O) groups excluding carboxylic acids is 2. The third-order valence-electron chi connectivity index (χ3n) is 4.92. The predicted octanol–water partition coefficient (Wildman–Crippen LogP) is 3.89. The molecule has 0 saturated carbocycles. The first kappa shape index (κ1) is 22.1. The van der Waals surface area contributed by atoms with E-state index in [1.165, 1.54) is 24.5 Å². The van der Waals surface area contributed by atoms with Gasteiger partial charge < -0.3 is 9.47 Å². The van der Waals surface area contributed by atoms with Crippen LogP contribution in [0.4, 0.5) is 0 Å². The van der Waals surface area contributed by atoms with Gasteiger partial charge in [0.1, 0.15) is 16.3 Å². The largest absolute Gasteiger partial charge is 0.497 e. The van der Waals surface area contributed by atoms with Gasteiger partial charge in [0, 0.05) is 23.1 Å². The van der Waals surface area contributed by atoms with Gasteiger partial charge in [0.15, 0.2) is 0 Å². The Morgan fingerprint density at radius 1 is 1.03 bits per heavy atom. The number of thiophene rings is 1.